The van der Waals surface area contributed by atoms with E-state index in [9.17, 15) is 4.79 Å². The number of methoxy groups -OCH3 is 1. The van der Waals surface area contributed by atoms with Crippen LogP contribution in [-0.4, -0.2) is 13.1 Å². The van der Waals surface area contributed by atoms with E-state index >= 15 is 0 Å². The van der Waals surface area contributed by atoms with Crippen LogP contribution in [0.4, 0.5) is 0 Å². The average Bonchev–Trinajstić information content (AvgIpc) is 2.03. The van der Waals surface area contributed by atoms with E-state index in [-0.39, 0.29) is 0 Å². The van der Waals surface area contributed by atoms with Gasteiger partial charge < -0.3 is 4.74 Å². The molecule has 10 heavy (non-hydrogen) atoms. The third-order valence-electron chi connectivity index (χ3n) is 0.701. The molecule has 0 saturated carbocycles. The van der Waals surface area contributed by atoms with Gasteiger partial charge in [-0.2, -0.15) is 0 Å². The van der Waals surface area contributed by atoms with Crippen LogP contribution < -0.4 is 0 Å². The number of carbonyl (C=O) groups excluding carboxylic acids is 1. The maximum Gasteiger partial charge on any atom is 0.329 e. The Morgan fingerprint density at radius 2 is 1.80 bits per heavy atom. The van der Waals surface area contributed by atoms with Crippen molar-refractivity contribution in [3.05, 3.63) is 24.8 Å². The molecule has 2 heteroatoms. The van der Waals surface area contributed by atoms with Crippen LogP contribution in [0, 0.1) is 0 Å². The van der Waals surface area contributed by atoms with E-state index in [0.29, 0.717) is 0 Å². The van der Waals surface area contributed by atoms with Crippen molar-refractivity contribution in [1.29, 1.82) is 0 Å². The van der Waals surface area contributed by atoms with E-state index in [4.69, 9.17) is 0 Å². The van der Waals surface area contributed by atoms with E-state index < -0.39 is 5.97 Å². The predicted octanol–water partition coefficient (Wildman–Crippen LogP) is 1.93. The summed E-state index contributed by atoms with van der Waals surface area (Å²) in [5.74, 6) is -0.394. The molecule has 0 atom stereocenters. The number of hydrogen-bond donors (Lipinski definition) is 0. The zero-order valence-corrected chi connectivity index (χ0v) is 6.76. The number of carbonyl (C=O) groups is 1. The Morgan fingerprint density at radius 1 is 1.40 bits per heavy atom. The van der Waals surface area contributed by atoms with Crippen LogP contribution in [-0.2, 0) is 9.53 Å². The largest absolute Gasteiger partial charge is 0.466 e. The zero-order valence-electron chi connectivity index (χ0n) is 6.76. The summed E-state index contributed by atoms with van der Waals surface area (Å²) in [6.45, 7) is 7.16. The minimum atomic E-state index is -0.394. The highest BCUT2D eigenvalue weighted by Gasteiger charge is 1.81. The van der Waals surface area contributed by atoms with Gasteiger partial charge in [0.05, 0.1) is 7.11 Å². The highest BCUT2D eigenvalue weighted by atomic mass is 16.5. The van der Waals surface area contributed by atoms with E-state index in [0.717, 1.165) is 6.08 Å². The van der Waals surface area contributed by atoms with E-state index in [1.165, 1.54) is 7.11 Å². The first-order valence-electron chi connectivity index (χ1n) is 3.00. The van der Waals surface area contributed by atoms with E-state index in [1.54, 1.807) is 0 Å². The molecule has 58 valence electrons. The van der Waals surface area contributed by atoms with Crippen molar-refractivity contribution >= 4 is 5.97 Å². The summed E-state index contributed by atoms with van der Waals surface area (Å²) in [7, 11) is 1.31. The first-order valence-corrected chi connectivity index (χ1v) is 3.00. The molecule has 0 radical (unpaired) electrons. The topological polar surface area (TPSA) is 26.3 Å². The molecule has 0 saturated heterocycles. The Morgan fingerprint density at radius 3 is 1.80 bits per heavy atom. The maximum atomic E-state index is 9.84. The second kappa shape index (κ2) is 10.8. The lowest BCUT2D eigenvalue weighted by Gasteiger charge is -1.83. The molecule has 0 rings (SSSR count). The number of rotatable bonds is 1. The first-order chi connectivity index (χ1) is 4.72. The van der Waals surface area contributed by atoms with Gasteiger partial charge in [-0.3, -0.25) is 0 Å². The zero-order chi connectivity index (χ0) is 8.41. The fourth-order valence-corrected chi connectivity index (χ4v) is 0.0833. The quantitative estimate of drug-likeness (QED) is 0.317. The van der Waals surface area contributed by atoms with Crippen molar-refractivity contribution in [3.8, 4) is 0 Å². The molecule has 0 heterocycles. The van der Waals surface area contributed by atoms with Gasteiger partial charge in [-0.15, -0.1) is 0 Å². The SMILES string of the molecule is C=CC(=O)OC.CC=CC. The van der Waals surface area contributed by atoms with Gasteiger partial charge in [0.2, 0.25) is 0 Å². The predicted molar refractivity (Wildman–Crippen MR) is 42.7 cm³/mol. The smallest absolute Gasteiger partial charge is 0.329 e. The standard InChI is InChI=1S/C4H6O2.C4H8/c1-3-4(5)6-2;1-3-4-2/h3H,1H2,2H3;3-4H,1-2H3. The Labute approximate surface area is 62.2 Å². The molecule has 0 aliphatic carbocycles. The molecule has 0 aliphatic rings. The van der Waals surface area contributed by atoms with Crippen molar-refractivity contribution in [3.63, 3.8) is 0 Å². The fraction of sp³-hybridized carbons (Fsp3) is 0.375. The second-order valence-corrected chi connectivity index (χ2v) is 1.39. The van der Waals surface area contributed by atoms with Crippen LogP contribution in [0.2, 0.25) is 0 Å². The lowest BCUT2D eigenvalue weighted by molar-refractivity contribution is -0.134. The van der Waals surface area contributed by atoms with Crippen LogP contribution in [0.1, 0.15) is 13.8 Å². The average molecular weight is 142 g/mol. The van der Waals surface area contributed by atoms with Crippen molar-refractivity contribution in [1.82, 2.24) is 0 Å². The lowest BCUT2D eigenvalue weighted by Crippen LogP contribution is -1.91. The van der Waals surface area contributed by atoms with Crippen molar-refractivity contribution in [2.24, 2.45) is 0 Å². The molecular formula is C8H14O2. The normalized spacial score (nSPS) is 7.90. The molecule has 0 aromatic heterocycles. The van der Waals surface area contributed by atoms with Gasteiger partial charge in [-0.05, 0) is 13.8 Å². The van der Waals surface area contributed by atoms with Crippen LogP contribution >= 0.6 is 0 Å². The van der Waals surface area contributed by atoms with Gasteiger partial charge in [0.1, 0.15) is 0 Å². The molecule has 0 fully saturated rings. The summed E-state index contributed by atoms with van der Waals surface area (Å²) in [6.07, 6.45) is 5.11. The number of allylic oxidation sites excluding steroid dienone is 2. The van der Waals surface area contributed by atoms with Gasteiger partial charge in [0.15, 0.2) is 0 Å². The summed E-state index contributed by atoms with van der Waals surface area (Å²) in [5.41, 5.74) is 0. The van der Waals surface area contributed by atoms with Gasteiger partial charge >= 0.3 is 5.97 Å². The summed E-state index contributed by atoms with van der Waals surface area (Å²) in [4.78, 5) is 9.84. The highest BCUT2D eigenvalue weighted by molar-refractivity contribution is 5.80. The minimum Gasteiger partial charge on any atom is -0.466 e. The van der Waals surface area contributed by atoms with Gasteiger partial charge in [0.25, 0.3) is 0 Å². The summed E-state index contributed by atoms with van der Waals surface area (Å²) >= 11 is 0. The number of hydrogen-bond acceptors (Lipinski definition) is 2. The molecule has 0 N–H and O–H groups in total. The van der Waals surface area contributed by atoms with Gasteiger partial charge in [-0.1, -0.05) is 18.7 Å². The summed E-state index contributed by atoms with van der Waals surface area (Å²) in [5, 5.41) is 0. The Balaban J connectivity index is 0. The number of esters is 1. The Kier molecular flexibility index (Phi) is 12.7. The minimum absolute atomic E-state index is 0.394. The van der Waals surface area contributed by atoms with Gasteiger partial charge in [-0.25, -0.2) is 4.79 Å². The second-order valence-electron chi connectivity index (χ2n) is 1.39. The van der Waals surface area contributed by atoms with Crippen LogP contribution in [0.5, 0.6) is 0 Å². The number of ether oxygens (including phenoxy) is 1. The first kappa shape index (κ1) is 11.7. The van der Waals surface area contributed by atoms with Crippen LogP contribution in [0.25, 0.3) is 0 Å². The third kappa shape index (κ3) is 15.8. The molecule has 0 aromatic carbocycles. The molecule has 0 aromatic rings. The Hall–Kier alpha value is -1.05. The molecule has 0 aliphatic heterocycles. The summed E-state index contributed by atoms with van der Waals surface area (Å²) < 4.78 is 4.14. The maximum absolute atomic E-state index is 9.84. The fourth-order valence-electron chi connectivity index (χ4n) is 0.0833. The summed E-state index contributed by atoms with van der Waals surface area (Å²) in [6, 6.07) is 0. The Bertz CT molecular complexity index is 110. The van der Waals surface area contributed by atoms with Crippen molar-refractivity contribution in [2.45, 2.75) is 13.8 Å². The third-order valence-corrected chi connectivity index (χ3v) is 0.701. The van der Waals surface area contributed by atoms with Crippen molar-refractivity contribution < 1.29 is 9.53 Å². The molecule has 2 nitrogen and oxygen atoms in total. The van der Waals surface area contributed by atoms with E-state index in [2.05, 4.69) is 11.3 Å². The van der Waals surface area contributed by atoms with E-state index in [1.807, 2.05) is 26.0 Å². The van der Waals surface area contributed by atoms with Gasteiger partial charge in [0, 0.05) is 6.08 Å². The lowest BCUT2D eigenvalue weighted by atomic mass is 10.6. The molecule has 0 spiro atoms. The molecule has 0 unspecified atom stereocenters. The van der Waals surface area contributed by atoms with Crippen LogP contribution in [0.3, 0.4) is 0 Å². The highest BCUT2D eigenvalue weighted by Crippen LogP contribution is 1.67. The molecular weight excluding hydrogens is 128 g/mol. The van der Waals surface area contributed by atoms with Crippen molar-refractivity contribution in [2.75, 3.05) is 7.11 Å². The monoisotopic (exact) mass is 142 g/mol. The molecule has 0 bridgehead atoms. The molecule has 0 amide bonds. The van der Waals surface area contributed by atoms with Crippen LogP contribution in [0.15, 0.2) is 24.8 Å².